The molecule has 0 aliphatic rings. The van der Waals surface area contributed by atoms with Gasteiger partial charge < -0.3 is 15.2 Å². The Labute approximate surface area is 156 Å². The van der Waals surface area contributed by atoms with Crippen LogP contribution in [0.2, 0.25) is 0 Å². The van der Waals surface area contributed by atoms with Crippen molar-refractivity contribution in [2.24, 2.45) is 0 Å². The number of ether oxygens (including phenoxy) is 1. The van der Waals surface area contributed by atoms with Crippen molar-refractivity contribution in [3.63, 3.8) is 0 Å². The Morgan fingerprint density at radius 3 is 2.67 bits per heavy atom. The third-order valence-electron chi connectivity index (χ3n) is 4.15. The molecule has 5 nitrogen and oxygen atoms in total. The van der Waals surface area contributed by atoms with E-state index in [2.05, 4.69) is 10.3 Å². The van der Waals surface area contributed by atoms with Crippen molar-refractivity contribution in [1.29, 1.82) is 0 Å². The molecule has 6 heteroatoms. The Balaban J connectivity index is 1.82. The van der Waals surface area contributed by atoms with Gasteiger partial charge >= 0.3 is 5.97 Å². The van der Waals surface area contributed by atoms with Gasteiger partial charge in [0.1, 0.15) is 11.3 Å². The zero-order chi connectivity index (χ0) is 19.4. The predicted octanol–water partition coefficient (Wildman–Crippen LogP) is 4.52. The number of carboxylic acids is 1. The second-order valence-corrected chi connectivity index (χ2v) is 6.12. The second-order valence-electron chi connectivity index (χ2n) is 6.12. The topological polar surface area (TPSA) is 71.5 Å². The highest BCUT2D eigenvalue weighted by atomic mass is 19.1. The molecule has 138 valence electrons. The minimum absolute atomic E-state index is 0.0112. The molecule has 0 amide bonds. The fourth-order valence-electron chi connectivity index (χ4n) is 2.79. The van der Waals surface area contributed by atoms with E-state index in [1.165, 1.54) is 25.4 Å². The first kappa shape index (κ1) is 18.4. The number of aromatic nitrogens is 1. The number of halogens is 1. The summed E-state index contributed by atoms with van der Waals surface area (Å²) in [6.07, 6.45) is 1.51. The average molecular weight is 366 g/mol. The van der Waals surface area contributed by atoms with Gasteiger partial charge in [-0.05, 0) is 36.2 Å². The first-order chi connectivity index (χ1) is 13.0. The van der Waals surface area contributed by atoms with Crippen molar-refractivity contribution in [3.8, 4) is 16.9 Å². The predicted molar refractivity (Wildman–Crippen MR) is 102 cm³/mol. The van der Waals surface area contributed by atoms with Crippen LogP contribution in [0.1, 0.15) is 21.5 Å². The fraction of sp³-hybridized carbons (Fsp3) is 0.143. The summed E-state index contributed by atoms with van der Waals surface area (Å²) in [6, 6.07) is 13.9. The van der Waals surface area contributed by atoms with Gasteiger partial charge in [-0.2, -0.15) is 0 Å². The fourth-order valence-corrected chi connectivity index (χ4v) is 2.79. The molecule has 3 rings (SSSR count). The van der Waals surface area contributed by atoms with Crippen LogP contribution in [-0.2, 0) is 6.54 Å². The Morgan fingerprint density at radius 1 is 1.19 bits per heavy atom. The number of nitrogens with zero attached hydrogens (tertiary/aromatic N) is 1. The molecule has 3 aromatic rings. The number of nitrogens with one attached hydrogen (secondary N) is 1. The molecule has 0 atom stereocenters. The smallest absolute Gasteiger partial charge is 0.339 e. The molecule has 1 aromatic heterocycles. The second kappa shape index (κ2) is 7.86. The molecular formula is C21H19FN2O3. The summed E-state index contributed by atoms with van der Waals surface area (Å²) in [5.41, 5.74) is 3.20. The van der Waals surface area contributed by atoms with E-state index in [-0.39, 0.29) is 17.1 Å². The van der Waals surface area contributed by atoms with Crippen molar-refractivity contribution in [2.45, 2.75) is 13.5 Å². The average Bonchev–Trinajstić information content (AvgIpc) is 2.66. The lowest BCUT2D eigenvalue weighted by Gasteiger charge is -2.10. The summed E-state index contributed by atoms with van der Waals surface area (Å²) in [5, 5.41) is 12.3. The van der Waals surface area contributed by atoms with E-state index in [9.17, 15) is 14.3 Å². The van der Waals surface area contributed by atoms with Crippen LogP contribution in [-0.4, -0.2) is 23.2 Å². The van der Waals surface area contributed by atoms with Crippen LogP contribution < -0.4 is 10.1 Å². The van der Waals surface area contributed by atoms with Crippen LogP contribution in [0.15, 0.2) is 54.7 Å². The molecule has 0 fully saturated rings. The SMILES string of the molecule is COc1ccc(-c2cnc(NCc3cccc(C)c3)c(F)c2)cc1C(=O)O. The molecule has 0 saturated heterocycles. The highest BCUT2D eigenvalue weighted by molar-refractivity contribution is 5.92. The van der Waals surface area contributed by atoms with Crippen LogP contribution in [0, 0.1) is 12.7 Å². The minimum Gasteiger partial charge on any atom is -0.496 e. The number of rotatable bonds is 6. The number of pyridine rings is 1. The maximum absolute atomic E-state index is 14.5. The number of carbonyl (C=O) groups is 1. The van der Waals surface area contributed by atoms with Gasteiger partial charge in [0.05, 0.1) is 7.11 Å². The minimum atomic E-state index is -1.11. The monoisotopic (exact) mass is 366 g/mol. The van der Waals surface area contributed by atoms with Crippen LogP contribution in [0.25, 0.3) is 11.1 Å². The van der Waals surface area contributed by atoms with E-state index in [0.717, 1.165) is 11.1 Å². The third-order valence-corrected chi connectivity index (χ3v) is 4.15. The maximum atomic E-state index is 14.5. The molecule has 2 aromatic carbocycles. The van der Waals surface area contributed by atoms with E-state index in [1.54, 1.807) is 12.1 Å². The van der Waals surface area contributed by atoms with Crippen LogP contribution in [0.3, 0.4) is 0 Å². The number of aromatic carboxylic acids is 1. The molecular weight excluding hydrogens is 347 g/mol. The quantitative estimate of drug-likeness (QED) is 0.671. The van der Waals surface area contributed by atoms with Crippen molar-refractivity contribution >= 4 is 11.8 Å². The van der Waals surface area contributed by atoms with Gasteiger partial charge in [0.15, 0.2) is 11.6 Å². The highest BCUT2D eigenvalue weighted by Crippen LogP contribution is 2.28. The number of methoxy groups -OCH3 is 1. The summed E-state index contributed by atoms with van der Waals surface area (Å²) in [4.78, 5) is 15.5. The number of hydrogen-bond donors (Lipinski definition) is 2. The zero-order valence-corrected chi connectivity index (χ0v) is 15.0. The van der Waals surface area contributed by atoms with E-state index in [0.29, 0.717) is 17.7 Å². The van der Waals surface area contributed by atoms with E-state index < -0.39 is 11.8 Å². The Kier molecular flexibility index (Phi) is 5.35. The summed E-state index contributed by atoms with van der Waals surface area (Å²) < 4.78 is 19.5. The van der Waals surface area contributed by atoms with Crippen molar-refractivity contribution in [1.82, 2.24) is 4.98 Å². The molecule has 0 spiro atoms. The van der Waals surface area contributed by atoms with E-state index >= 15 is 0 Å². The summed E-state index contributed by atoms with van der Waals surface area (Å²) in [7, 11) is 1.40. The molecule has 0 aliphatic heterocycles. The molecule has 1 heterocycles. The number of anilines is 1. The Hall–Kier alpha value is -3.41. The maximum Gasteiger partial charge on any atom is 0.339 e. The lowest BCUT2D eigenvalue weighted by atomic mass is 10.0. The zero-order valence-electron chi connectivity index (χ0n) is 15.0. The van der Waals surface area contributed by atoms with Gasteiger partial charge in [0.25, 0.3) is 0 Å². The number of aryl methyl sites for hydroxylation is 1. The standard InChI is InChI=1S/C21H19FN2O3/c1-13-4-3-5-14(8-13)11-23-20-18(22)10-16(12-24-20)15-6-7-19(27-2)17(9-15)21(25)26/h3-10,12H,11H2,1-2H3,(H,23,24)(H,25,26). The van der Waals surface area contributed by atoms with E-state index in [4.69, 9.17) is 4.74 Å². The van der Waals surface area contributed by atoms with Gasteiger partial charge in [-0.3, -0.25) is 0 Å². The van der Waals surface area contributed by atoms with Crippen LogP contribution in [0.4, 0.5) is 10.2 Å². The number of benzene rings is 2. The van der Waals surface area contributed by atoms with Crippen molar-refractivity contribution in [2.75, 3.05) is 12.4 Å². The normalized spacial score (nSPS) is 10.5. The summed E-state index contributed by atoms with van der Waals surface area (Å²) >= 11 is 0. The molecule has 0 radical (unpaired) electrons. The van der Waals surface area contributed by atoms with Gasteiger partial charge in [-0.15, -0.1) is 0 Å². The first-order valence-electron chi connectivity index (χ1n) is 8.34. The highest BCUT2D eigenvalue weighted by Gasteiger charge is 2.14. The molecule has 0 unspecified atom stereocenters. The lowest BCUT2D eigenvalue weighted by Crippen LogP contribution is -2.04. The van der Waals surface area contributed by atoms with E-state index in [1.807, 2.05) is 31.2 Å². The van der Waals surface area contributed by atoms with Crippen molar-refractivity contribution < 1.29 is 19.0 Å². The summed E-state index contributed by atoms with van der Waals surface area (Å²) in [6.45, 7) is 2.45. The molecule has 0 bridgehead atoms. The molecule has 27 heavy (non-hydrogen) atoms. The van der Waals surface area contributed by atoms with Crippen LogP contribution >= 0.6 is 0 Å². The lowest BCUT2D eigenvalue weighted by molar-refractivity contribution is 0.0693. The van der Waals surface area contributed by atoms with Gasteiger partial charge in [0, 0.05) is 18.3 Å². The third kappa shape index (κ3) is 4.23. The molecule has 2 N–H and O–H groups in total. The first-order valence-corrected chi connectivity index (χ1v) is 8.34. The van der Waals surface area contributed by atoms with Gasteiger partial charge in [-0.1, -0.05) is 35.9 Å². The van der Waals surface area contributed by atoms with Gasteiger partial charge in [-0.25, -0.2) is 14.2 Å². The molecule has 0 aliphatic carbocycles. The van der Waals surface area contributed by atoms with Crippen molar-refractivity contribution in [3.05, 3.63) is 77.2 Å². The molecule has 0 saturated carbocycles. The largest absolute Gasteiger partial charge is 0.496 e. The summed E-state index contributed by atoms with van der Waals surface area (Å²) in [5.74, 6) is -1.23. The van der Waals surface area contributed by atoms with Gasteiger partial charge in [0.2, 0.25) is 0 Å². The Bertz CT molecular complexity index is 989. The van der Waals surface area contributed by atoms with Crippen LogP contribution in [0.5, 0.6) is 5.75 Å². The number of hydrogen-bond acceptors (Lipinski definition) is 4. The Morgan fingerprint density at radius 2 is 2.00 bits per heavy atom. The number of carboxylic acid groups (broad SMARTS) is 1.